The van der Waals surface area contributed by atoms with Gasteiger partial charge in [-0.25, -0.2) is 9.07 Å². The second-order valence-corrected chi connectivity index (χ2v) is 7.56. The van der Waals surface area contributed by atoms with Crippen molar-refractivity contribution < 1.29 is 4.39 Å². The van der Waals surface area contributed by atoms with Crippen LogP contribution in [0.1, 0.15) is 29.8 Å². The molecule has 1 unspecified atom stereocenters. The lowest BCUT2D eigenvalue weighted by molar-refractivity contribution is 0.473. The van der Waals surface area contributed by atoms with Crippen molar-refractivity contribution in [1.82, 2.24) is 19.6 Å². The number of halogens is 2. The van der Waals surface area contributed by atoms with Crippen LogP contribution < -0.4 is 0 Å². The van der Waals surface area contributed by atoms with Gasteiger partial charge in [0.1, 0.15) is 5.82 Å². The van der Waals surface area contributed by atoms with Crippen LogP contribution in [0.2, 0.25) is 0 Å². The van der Waals surface area contributed by atoms with Gasteiger partial charge in [-0.3, -0.25) is 0 Å². The number of fused-ring (bicyclic) bond motifs is 1. The van der Waals surface area contributed by atoms with E-state index in [-0.39, 0.29) is 11.9 Å². The first-order valence-electron chi connectivity index (χ1n) is 8.97. The Labute approximate surface area is 165 Å². The van der Waals surface area contributed by atoms with Crippen molar-refractivity contribution in [1.29, 1.82) is 0 Å². The molecule has 0 N–H and O–H groups in total. The second kappa shape index (κ2) is 7.27. The third-order valence-corrected chi connectivity index (χ3v) is 5.56. The fourth-order valence-corrected chi connectivity index (χ4v) is 4.19. The molecular weight excluding hydrogens is 407 g/mol. The maximum atomic E-state index is 13.3. The zero-order valence-electron chi connectivity index (χ0n) is 15.2. The molecule has 0 spiro atoms. The summed E-state index contributed by atoms with van der Waals surface area (Å²) in [5.41, 5.74) is 4.71. The Hall–Kier alpha value is -2.47. The van der Waals surface area contributed by atoms with E-state index in [0.717, 1.165) is 16.6 Å². The van der Waals surface area contributed by atoms with E-state index in [1.165, 1.54) is 34.3 Å². The first-order valence-corrected chi connectivity index (χ1v) is 9.76. The average molecular weight is 427 g/mol. The maximum Gasteiger partial charge on any atom is 0.123 e. The van der Waals surface area contributed by atoms with Gasteiger partial charge in [0, 0.05) is 40.2 Å². The molecule has 4 nitrogen and oxygen atoms in total. The van der Waals surface area contributed by atoms with E-state index >= 15 is 0 Å². The van der Waals surface area contributed by atoms with Crippen molar-refractivity contribution >= 4 is 26.8 Å². The molecule has 0 radical (unpaired) electrons. The molecule has 27 heavy (non-hydrogen) atoms. The summed E-state index contributed by atoms with van der Waals surface area (Å²) in [5, 5.41) is 9.52. The van der Waals surface area contributed by atoms with E-state index in [2.05, 4.69) is 62.9 Å². The zero-order valence-corrected chi connectivity index (χ0v) is 16.8. The molecule has 4 aromatic rings. The topological polar surface area (TPSA) is 35.6 Å². The predicted molar refractivity (Wildman–Crippen MR) is 108 cm³/mol. The van der Waals surface area contributed by atoms with E-state index in [4.69, 9.17) is 0 Å². The van der Waals surface area contributed by atoms with Crippen molar-refractivity contribution in [3.05, 3.63) is 82.0 Å². The SMILES string of the molecule is CCn1c(C(Cc2ccc(F)cc2)n2ccnn2)c(C)c2cc(Br)ccc21. The highest BCUT2D eigenvalue weighted by Crippen LogP contribution is 2.34. The first-order chi connectivity index (χ1) is 13.1. The Morgan fingerprint density at radius 3 is 2.59 bits per heavy atom. The molecule has 138 valence electrons. The van der Waals surface area contributed by atoms with E-state index in [1.54, 1.807) is 6.20 Å². The van der Waals surface area contributed by atoms with Gasteiger partial charge in [0.2, 0.25) is 0 Å². The van der Waals surface area contributed by atoms with E-state index in [9.17, 15) is 4.39 Å². The summed E-state index contributed by atoms with van der Waals surface area (Å²) >= 11 is 3.59. The van der Waals surface area contributed by atoms with Gasteiger partial charge in [0.25, 0.3) is 0 Å². The predicted octanol–water partition coefficient (Wildman–Crippen LogP) is 5.29. The van der Waals surface area contributed by atoms with Crippen LogP contribution in [0.4, 0.5) is 4.39 Å². The summed E-state index contributed by atoms with van der Waals surface area (Å²) in [7, 11) is 0. The average Bonchev–Trinajstić information content (AvgIpc) is 3.28. The fourth-order valence-electron chi connectivity index (χ4n) is 3.83. The summed E-state index contributed by atoms with van der Waals surface area (Å²) in [6.45, 7) is 5.17. The molecule has 1 atom stereocenters. The molecule has 0 amide bonds. The first kappa shape index (κ1) is 17.9. The molecular formula is C21H20BrFN4. The van der Waals surface area contributed by atoms with Crippen LogP contribution in [-0.4, -0.2) is 19.6 Å². The van der Waals surface area contributed by atoms with Gasteiger partial charge < -0.3 is 4.57 Å². The summed E-state index contributed by atoms with van der Waals surface area (Å²) in [4.78, 5) is 0. The number of aryl methyl sites for hydroxylation is 2. The summed E-state index contributed by atoms with van der Waals surface area (Å²) < 4.78 is 18.6. The third-order valence-electron chi connectivity index (χ3n) is 5.06. The van der Waals surface area contributed by atoms with E-state index in [1.807, 2.05) is 23.0 Å². The largest absolute Gasteiger partial charge is 0.343 e. The summed E-state index contributed by atoms with van der Waals surface area (Å²) in [5.74, 6) is -0.222. The van der Waals surface area contributed by atoms with Gasteiger partial charge >= 0.3 is 0 Å². The standard InChI is InChI=1S/C21H20BrFN4/c1-3-26-19-9-6-16(22)13-18(19)14(2)21(26)20(27-11-10-24-25-27)12-15-4-7-17(23)8-5-15/h4-11,13,20H,3,12H2,1-2H3. The van der Waals surface area contributed by atoms with Crippen molar-refractivity contribution in [3.63, 3.8) is 0 Å². The van der Waals surface area contributed by atoms with Crippen LogP contribution in [0.15, 0.2) is 59.3 Å². The van der Waals surface area contributed by atoms with Gasteiger partial charge in [0.15, 0.2) is 0 Å². The molecule has 0 bridgehead atoms. The Bertz CT molecular complexity index is 1070. The van der Waals surface area contributed by atoms with Crippen LogP contribution in [-0.2, 0) is 13.0 Å². The quantitative estimate of drug-likeness (QED) is 0.434. The van der Waals surface area contributed by atoms with Crippen LogP contribution in [0.5, 0.6) is 0 Å². The van der Waals surface area contributed by atoms with Gasteiger partial charge in [0.05, 0.1) is 12.2 Å². The maximum absolute atomic E-state index is 13.3. The molecule has 0 saturated carbocycles. The smallest absolute Gasteiger partial charge is 0.123 e. The monoisotopic (exact) mass is 426 g/mol. The fraction of sp³-hybridized carbons (Fsp3) is 0.238. The molecule has 0 aliphatic heterocycles. The lowest BCUT2D eigenvalue weighted by Crippen LogP contribution is -2.19. The minimum Gasteiger partial charge on any atom is -0.343 e. The third kappa shape index (κ3) is 3.30. The van der Waals surface area contributed by atoms with Crippen LogP contribution >= 0.6 is 15.9 Å². The van der Waals surface area contributed by atoms with Gasteiger partial charge in [-0.05, 0) is 55.3 Å². The normalized spacial score (nSPS) is 12.6. The second-order valence-electron chi connectivity index (χ2n) is 6.65. The molecule has 0 saturated heterocycles. The molecule has 6 heteroatoms. The highest BCUT2D eigenvalue weighted by molar-refractivity contribution is 9.10. The Kier molecular flexibility index (Phi) is 4.83. The summed E-state index contributed by atoms with van der Waals surface area (Å²) in [6.07, 6.45) is 4.30. The minimum absolute atomic E-state index is 0.0240. The van der Waals surface area contributed by atoms with Crippen molar-refractivity contribution in [2.75, 3.05) is 0 Å². The number of aromatic nitrogens is 4. The van der Waals surface area contributed by atoms with Crippen molar-refractivity contribution in [2.45, 2.75) is 32.9 Å². The number of nitrogens with zero attached hydrogens (tertiary/aromatic N) is 4. The molecule has 0 fully saturated rings. The number of benzene rings is 2. The van der Waals surface area contributed by atoms with Crippen molar-refractivity contribution in [3.8, 4) is 0 Å². The van der Waals surface area contributed by atoms with Gasteiger partial charge in [-0.15, -0.1) is 5.10 Å². The minimum atomic E-state index is -0.222. The number of hydrogen-bond donors (Lipinski definition) is 0. The Morgan fingerprint density at radius 1 is 1.15 bits per heavy atom. The molecule has 2 heterocycles. The zero-order chi connectivity index (χ0) is 19.0. The van der Waals surface area contributed by atoms with Crippen LogP contribution in [0, 0.1) is 12.7 Å². The Morgan fingerprint density at radius 2 is 1.93 bits per heavy atom. The van der Waals surface area contributed by atoms with Crippen LogP contribution in [0.3, 0.4) is 0 Å². The highest BCUT2D eigenvalue weighted by atomic mass is 79.9. The number of rotatable bonds is 5. The Balaban J connectivity index is 1.90. The lowest BCUT2D eigenvalue weighted by atomic mass is 10.00. The van der Waals surface area contributed by atoms with Crippen molar-refractivity contribution in [2.24, 2.45) is 0 Å². The molecule has 2 aromatic heterocycles. The van der Waals surface area contributed by atoms with Crippen LogP contribution in [0.25, 0.3) is 10.9 Å². The lowest BCUT2D eigenvalue weighted by Gasteiger charge is -2.21. The van der Waals surface area contributed by atoms with Gasteiger partial charge in [-0.1, -0.05) is 33.3 Å². The van der Waals surface area contributed by atoms with E-state index in [0.29, 0.717) is 6.42 Å². The molecule has 0 aliphatic rings. The molecule has 4 rings (SSSR count). The van der Waals surface area contributed by atoms with Gasteiger partial charge in [-0.2, -0.15) is 0 Å². The molecule has 2 aromatic carbocycles. The number of hydrogen-bond acceptors (Lipinski definition) is 2. The summed E-state index contributed by atoms with van der Waals surface area (Å²) in [6, 6.07) is 13.0. The van der Waals surface area contributed by atoms with E-state index < -0.39 is 0 Å². The highest BCUT2D eigenvalue weighted by Gasteiger charge is 2.24. The molecule has 0 aliphatic carbocycles.